The molecule has 1 saturated heterocycles. The molecule has 2 aromatic carbocycles. The topological polar surface area (TPSA) is 30.8 Å². The van der Waals surface area contributed by atoms with Crippen molar-refractivity contribution >= 4 is 11.6 Å². The van der Waals surface area contributed by atoms with Crippen LogP contribution < -0.4 is 4.74 Å². The van der Waals surface area contributed by atoms with Gasteiger partial charge in [-0.25, -0.2) is 4.99 Å². The summed E-state index contributed by atoms with van der Waals surface area (Å²) >= 11 is 0. The number of benzene rings is 2. The van der Waals surface area contributed by atoms with Crippen LogP contribution in [-0.4, -0.2) is 13.0 Å². The van der Waals surface area contributed by atoms with Gasteiger partial charge in [0.2, 0.25) is 0 Å². The van der Waals surface area contributed by atoms with Crippen LogP contribution in [0.3, 0.4) is 0 Å². The van der Waals surface area contributed by atoms with E-state index in [-0.39, 0.29) is 6.10 Å². The van der Waals surface area contributed by atoms with E-state index in [1.807, 2.05) is 42.5 Å². The van der Waals surface area contributed by atoms with Gasteiger partial charge in [-0.05, 0) is 36.8 Å². The van der Waals surface area contributed by atoms with Crippen LogP contribution in [0, 0.1) is 5.92 Å². The fraction of sp³-hybridized carbons (Fsp3) is 0.235. The summed E-state index contributed by atoms with van der Waals surface area (Å²) in [6, 6.07) is 17.9. The molecule has 0 aliphatic carbocycles. The molecule has 3 nitrogen and oxygen atoms in total. The normalized spacial score (nSPS) is 23.0. The number of nitrogens with zero attached hydrogens (tertiary/aromatic N) is 1. The number of aliphatic imine (C=N–C) groups is 1. The third-order valence-corrected chi connectivity index (χ3v) is 3.53. The Hall–Kier alpha value is -2.29. The van der Waals surface area contributed by atoms with E-state index in [1.54, 1.807) is 7.11 Å². The van der Waals surface area contributed by atoms with E-state index in [1.165, 1.54) is 5.56 Å². The number of hydrogen-bond donors (Lipinski definition) is 0. The summed E-state index contributed by atoms with van der Waals surface area (Å²) in [6.07, 6.45) is 0.119. The second-order valence-electron chi connectivity index (χ2n) is 4.89. The van der Waals surface area contributed by atoms with E-state index < -0.39 is 0 Å². The van der Waals surface area contributed by atoms with Gasteiger partial charge < -0.3 is 9.47 Å². The van der Waals surface area contributed by atoms with Gasteiger partial charge in [0.05, 0.1) is 18.7 Å². The summed E-state index contributed by atoms with van der Waals surface area (Å²) in [5.41, 5.74) is 2.09. The molecule has 0 radical (unpaired) electrons. The first-order valence-corrected chi connectivity index (χ1v) is 6.72. The van der Waals surface area contributed by atoms with Crippen LogP contribution in [0.5, 0.6) is 5.75 Å². The highest BCUT2D eigenvalue weighted by atomic mass is 16.5. The van der Waals surface area contributed by atoms with Gasteiger partial charge in [-0.2, -0.15) is 0 Å². The maximum absolute atomic E-state index is 5.82. The van der Waals surface area contributed by atoms with E-state index in [0.29, 0.717) is 5.92 Å². The fourth-order valence-corrected chi connectivity index (χ4v) is 2.31. The Bertz CT molecular complexity index is 605. The lowest BCUT2D eigenvalue weighted by Gasteiger charge is -2.36. The van der Waals surface area contributed by atoms with E-state index in [9.17, 15) is 0 Å². The molecule has 20 heavy (non-hydrogen) atoms. The Kier molecular flexibility index (Phi) is 3.42. The zero-order valence-corrected chi connectivity index (χ0v) is 11.6. The van der Waals surface area contributed by atoms with Crippen molar-refractivity contribution in [3.05, 3.63) is 60.2 Å². The predicted octanol–water partition coefficient (Wildman–Crippen LogP) is 4.13. The Morgan fingerprint density at radius 2 is 1.70 bits per heavy atom. The first kappa shape index (κ1) is 12.7. The molecule has 0 aromatic heterocycles. The second kappa shape index (κ2) is 5.37. The minimum absolute atomic E-state index is 0.119. The smallest absolute Gasteiger partial charge is 0.196 e. The van der Waals surface area contributed by atoms with Crippen LogP contribution in [0.1, 0.15) is 18.6 Å². The molecule has 102 valence electrons. The van der Waals surface area contributed by atoms with Gasteiger partial charge in [-0.15, -0.1) is 0 Å². The average molecular weight is 267 g/mol. The third kappa shape index (κ3) is 2.39. The van der Waals surface area contributed by atoms with Gasteiger partial charge in [0.1, 0.15) is 11.9 Å². The molecular weight excluding hydrogens is 250 g/mol. The Balaban J connectivity index is 1.72. The van der Waals surface area contributed by atoms with Crippen molar-refractivity contribution in [2.45, 2.75) is 13.0 Å². The van der Waals surface area contributed by atoms with Crippen molar-refractivity contribution in [3.63, 3.8) is 0 Å². The molecule has 1 heterocycles. The molecule has 0 bridgehead atoms. The zero-order valence-electron chi connectivity index (χ0n) is 11.6. The zero-order chi connectivity index (χ0) is 13.9. The van der Waals surface area contributed by atoms with Gasteiger partial charge >= 0.3 is 0 Å². The minimum atomic E-state index is 0.119. The summed E-state index contributed by atoms with van der Waals surface area (Å²) in [4.78, 5) is 4.54. The SMILES string of the molecule is COc1ccc(N=C2O[C@H](c3ccccc3)[C@@H]2C)cc1. The summed E-state index contributed by atoms with van der Waals surface area (Å²) in [5, 5.41) is 0. The molecular formula is C17H17NO2. The molecule has 0 amide bonds. The van der Waals surface area contributed by atoms with Crippen LogP contribution in [-0.2, 0) is 4.74 Å². The van der Waals surface area contributed by atoms with Crippen LogP contribution >= 0.6 is 0 Å². The minimum Gasteiger partial charge on any atom is -0.497 e. The summed E-state index contributed by atoms with van der Waals surface area (Å²) in [6.45, 7) is 2.14. The molecule has 2 aromatic rings. The second-order valence-corrected chi connectivity index (χ2v) is 4.89. The molecule has 1 aliphatic heterocycles. The van der Waals surface area contributed by atoms with Crippen molar-refractivity contribution in [2.75, 3.05) is 7.11 Å². The van der Waals surface area contributed by atoms with E-state index >= 15 is 0 Å². The van der Waals surface area contributed by atoms with Gasteiger partial charge in [0, 0.05) is 0 Å². The van der Waals surface area contributed by atoms with E-state index in [4.69, 9.17) is 9.47 Å². The van der Waals surface area contributed by atoms with Crippen molar-refractivity contribution in [2.24, 2.45) is 10.9 Å². The molecule has 0 spiro atoms. The van der Waals surface area contributed by atoms with Crippen LogP contribution in [0.4, 0.5) is 5.69 Å². The van der Waals surface area contributed by atoms with Crippen molar-refractivity contribution < 1.29 is 9.47 Å². The van der Waals surface area contributed by atoms with Gasteiger partial charge in [-0.3, -0.25) is 0 Å². The van der Waals surface area contributed by atoms with Crippen LogP contribution in [0.15, 0.2) is 59.6 Å². The Morgan fingerprint density at radius 3 is 2.30 bits per heavy atom. The van der Waals surface area contributed by atoms with Gasteiger partial charge in [0.25, 0.3) is 0 Å². The van der Waals surface area contributed by atoms with E-state index in [2.05, 4.69) is 24.0 Å². The molecule has 1 aliphatic rings. The largest absolute Gasteiger partial charge is 0.497 e. The highest BCUT2D eigenvalue weighted by Crippen LogP contribution is 2.38. The molecule has 0 unspecified atom stereocenters. The highest BCUT2D eigenvalue weighted by Gasteiger charge is 2.37. The van der Waals surface area contributed by atoms with Gasteiger partial charge in [0.15, 0.2) is 5.90 Å². The standard InChI is InChI=1S/C17H17NO2/c1-12-16(13-6-4-3-5-7-13)20-17(12)18-14-8-10-15(19-2)11-9-14/h3-12,16H,1-2H3/t12-,16-/m0/s1. The molecule has 0 saturated carbocycles. The van der Waals surface area contributed by atoms with Crippen LogP contribution in [0.2, 0.25) is 0 Å². The monoisotopic (exact) mass is 267 g/mol. The maximum atomic E-state index is 5.82. The number of rotatable bonds is 3. The summed E-state index contributed by atoms with van der Waals surface area (Å²) < 4.78 is 10.9. The highest BCUT2D eigenvalue weighted by molar-refractivity contribution is 5.86. The molecule has 0 N–H and O–H groups in total. The number of hydrogen-bond acceptors (Lipinski definition) is 3. The number of ether oxygens (including phenoxy) is 2. The quantitative estimate of drug-likeness (QED) is 0.837. The summed E-state index contributed by atoms with van der Waals surface area (Å²) in [5.74, 6) is 1.93. The fourth-order valence-electron chi connectivity index (χ4n) is 2.31. The van der Waals surface area contributed by atoms with Gasteiger partial charge in [-0.1, -0.05) is 30.3 Å². The third-order valence-electron chi connectivity index (χ3n) is 3.53. The maximum Gasteiger partial charge on any atom is 0.196 e. The molecule has 3 rings (SSSR count). The van der Waals surface area contributed by atoms with E-state index in [0.717, 1.165) is 17.3 Å². The molecule has 3 heteroatoms. The lowest BCUT2D eigenvalue weighted by atomic mass is 9.92. The Labute approximate surface area is 118 Å². The molecule has 2 atom stereocenters. The first-order valence-electron chi connectivity index (χ1n) is 6.72. The number of methoxy groups -OCH3 is 1. The predicted molar refractivity (Wildman–Crippen MR) is 79.5 cm³/mol. The van der Waals surface area contributed by atoms with Crippen molar-refractivity contribution in [3.8, 4) is 5.75 Å². The lowest BCUT2D eigenvalue weighted by molar-refractivity contribution is 0.0662. The summed E-state index contributed by atoms with van der Waals surface area (Å²) in [7, 11) is 1.66. The average Bonchev–Trinajstić information content (AvgIpc) is 2.52. The lowest BCUT2D eigenvalue weighted by Crippen LogP contribution is -2.36. The molecule has 1 fully saturated rings. The Morgan fingerprint density at radius 1 is 1.00 bits per heavy atom. The first-order chi connectivity index (χ1) is 9.78. The van der Waals surface area contributed by atoms with Crippen molar-refractivity contribution in [1.29, 1.82) is 0 Å². The van der Waals surface area contributed by atoms with Crippen molar-refractivity contribution in [1.82, 2.24) is 0 Å². The van der Waals surface area contributed by atoms with Crippen LogP contribution in [0.25, 0.3) is 0 Å².